The highest BCUT2D eigenvalue weighted by molar-refractivity contribution is 6.04. The number of rotatable bonds is 7. The molecule has 0 fully saturated rings. The van der Waals surface area contributed by atoms with Gasteiger partial charge in [-0.3, -0.25) is 14.8 Å². The van der Waals surface area contributed by atoms with Gasteiger partial charge < -0.3 is 9.47 Å². The van der Waals surface area contributed by atoms with Crippen LogP contribution in [0.1, 0.15) is 18.3 Å². The van der Waals surface area contributed by atoms with Crippen molar-refractivity contribution in [3.8, 4) is 11.8 Å². The Morgan fingerprint density at radius 3 is 1.75 bits per heavy atom. The molecular formula is C16H11F5N4O3. The van der Waals surface area contributed by atoms with Crippen molar-refractivity contribution in [3.05, 3.63) is 48.3 Å². The molecule has 0 spiro atoms. The van der Waals surface area contributed by atoms with E-state index in [1.807, 2.05) is 0 Å². The average molecular weight is 402 g/mol. The third-order valence-electron chi connectivity index (χ3n) is 2.60. The Kier molecular flexibility index (Phi) is 6.33. The van der Waals surface area contributed by atoms with Crippen LogP contribution in [0.5, 0.6) is 11.8 Å². The van der Waals surface area contributed by atoms with Crippen LogP contribution in [0.3, 0.4) is 0 Å². The third kappa shape index (κ3) is 7.85. The van der Waals surface area contributed by atoms with E-state index in [2.05, 4.69) is 29.4 Å². The van der Waals surface area contributed by atoms with Crippen molar-refractivity contribution in [2.75, 3.05) is 0 Å². The van der Waals surface area contributed by atoms with Gasteiger partial charge in [0.25, 0.3) is 0 Å². The molecule has 28 heavy (non-hydrogen) atoms. The average Bonchev–Trinajstić information content (AvgIpc) is 2.56. The number of carbonyl (C=O) groups is 1. The topological polar surface area (TPSA) is 87.1 Å². The molecule has 2 aromatic heterocycles. The van der Waals surface area contributed by atoms with E-state index in [1.54, 1.807) is 0 Å². The number of carbonyl (C=O) groups excluding carboxylic acids is 1. The molecule has 148 valence electrons. The van der Waals surface area contributed by atoms with Gasteiger partial charge in [-0.1, -0.05) is 0 Å². The first kappa shape index (κ1) is 20.9. The Labute approximate surface area is 154 Å². The Hall–Kier alpha value is -3.44. The van der Waals surface area contributed by atoms with Gasteiger partial charge in [-0.15, -0.1) is 13.2 Å². The van der Waals surface area contributed by atoms with Crippen LogP contribution in [0.4, 0.5) is 22.0 Å². The molecule has 7 nitrogen and oxygen atoms in total. The standard InChI is InChI=1S/C16H11F5N4O3/c1-15(17,18)27-13-8-22-6-10(24-13)2-4-12(26)5-3-11-7-23-9-14(25-11)28-16(19,20)21/h2-9H,1H3/b4-2+,5-3+. The summed E-state index contributed by atoms with van der Waals surface area (Å²) in [5, 5.41) is 0. The molecule has 0 unspecified atom stereocenters. The number of hydrogen-bond donors (Lipinski definition) is 0. The summed E-state index contributed by atoms with van der Waals surface area (Å²) in [6.45, 7) is 0.531. The number of allylic oxidation sites excluding steroid dienone is 2. The Morgan fingerprint density at radius 1 is 0.857 bits per heavy atom. The van der Waals surface area contributed by atoms with Crippen molar-refractivity contribution < 1.29 is 36.2 Å². The predicted molar refractivity (Wildman–Crippen MR) is 85.1 cm³/mol. The summed E-state index contributed by atoms with van der Waals surface area (Å²) in [5.74, 6) is -1.80. The van der Waals surface area contributed by atoms with Crippen molar-refractivity contribution in [2.24, 2.45) is 0 Å². The number of ketones is 1. The molecule has 0 saturated carbocycles. The molecule has 0 aliphatic heterocycles. The van der Waals surface area contributed by atoms with Gasteiger partial charge in [0.15, 0.2) is 5.78 Å². The van der Waals surface area contributed by atoms with E-state index < -0.39 is 30.0 Å². The summed E-state index contributed by atoms with van der Waals surface area (Å²) in [7, 11) is 0. The minimum absolute atomic E-state index is 0.0520. The molecular weight excluding hydrogens is 391 g/mol. The van der Waals surface area contributed by atoms with Crippen molar-refractivity contribution >= 4 is 17.9 Å². The normalized spacial score (nSPS) is 12.5. The van der Waals surface area contributed by atoms with E-state index in [9.17, 15) is 26.7 Å². The first-order chi connectivity index (χ1) is 13.0. The molecule has 0 aromatic carbocycles. The Balaban J connectivity index is 2.02. The molecule has 0 atom stereocenters. The van der Waals surface area contributed by atoms with Gasteiger partial charge in [-0.25, -0.2) is 9.97 Å². The van der Waals surface area contributed by atoms with Crippen LogP contribution in [-0.4, -0.2) is 38.2 Å². The lowest BCUT2D eigenvalue weighted by molar-refractivity contribution is -0.276. The highest BCUT2D eigenvalue weighted by Gasteiger charge is 2.32. The molecule has 0 bridgehead atoms. The number of halogens is 5. The summed E-state index contributed by atoms with van der Waals surface area (Å²) >= 11 is 0. The molecule has 2 aromatic rings. The van der Waals surface area contributed by atoms with E-state index in [1.165, 1.54) is 12.3 Å². The van der Waals surface area contributed by atoms with Crippen molar-refractivity contribution in [1.82, 2.24) is 19.9 Å². The fourth-order valence-corrected chi connectivity index (χ4v) is 1.68. The minimum atomic E-state index is -4.92. The molecule has 0 saturated heterocycles. The zero-order chi connectivity index (χ0) is 20.8. The van der Waals surface area contributed by atoms with Crippen LogP contribution in [0, 0.1) is 0 Å². The van der Waals surface area contributed by atoms with Crippen molar-refractivity contribution in [1.29, 1.82) is 0 Å². The summed E-state index contributed by atoms with van der Waals surface area (Å²) in [6, 6.07) is 0. The molecule has 0 N–H and O–H groups in total. The molecule has 2 heterocycles. The molecule has 2 rings (SSSR count). The predicted octanol–water partition coefficient (Wildman–Crippen LogP) is 3.45. The maximum Gasteiger partial charge on any atom is 0.574 e. The maximum absolute atomic E-state index is 12.8. The Morgan fingerprint density at radius 2 is 1.32 bits per heavy atom. The summed E-state index contributed by atoms with van der Waals surface area (Å²) in [4.78, 5) is 26.2. The first-order valence-electron chi connectivity index (χ1n) is 7.37. The van der Waals surface area contributed by atoms with Gasteiger partial charge in [0.2, 0.25) is 11.8 Å². The molecule has 0 aliphatic carbocycles. The number of nitrogens with zero attached hydrogens (tertiary/aromatic N) is 4. The van der Waals surface area contributed by atoms with Crippen LogP contribution in [-0.2, 0) is 4.79 Å². The second-order valence-electron chi connectivity index (χ2n) is 5.09. The molecule has 0 amide bonds. The van der Waals surface area contributed by atoms with Crippen molar-refractivity contribution in [3.63, 3.8) is 0 Å². The quantitative estimate of drug-likeness (QED) is 0.518. The number of ether oxygens (including phenoxy) is 2. The van der Waals surface area contributed by atoms with Crippen LogP contribution in [0.25, 0.3) is 12.2 Å². The molecule has 12 heteroatoms. The SMILES string of the molecule is CC(F)(F)Oc1cncc(/C=C/C(=O)/C=C/c2cncc(OC(F)(F)F)n2)n1. The second kappa shape index (κ2) is 8.50. The first-order valence-corrected chi connectivity index (χ1v) is 7.37. The fraction of sp³-hybridized carbons (Fsp3) is 0.188. The lowest BCUT2D eigenvalue weighted by Crippen LogP contribution is -2.20. The lowest BCUT2D eigenvalue weighted by atomic mass is 10.2. The van der Waals surface area contributed by atoms with Gasteiger partial charge in [0, 0.05) is 6.92 Å². The van der Waals surface area contributed by atoms with Gasteiger partial charge in [-0.2, -0.15) is 8.78 Å². The monoisotopic (exact) mass is 402 g/mol. The lowest BCUT2D eigenvalue weighted by Gasteiger charge is -2.11. The summed E-state index contributed by atoms with van der Waals surface area (Å²) in [5.41, 5.74) is 0.0210. The Bertz CT molecular complexity index is 823. The smallest absolute Gasteiger partial charge is 0.413 e. The highest BCUT2D eigenvalue weighted by Crippen LogP contribution is 2.20. The number of aromatic nitrogens is 4. The molecule has 0 radical (unpaired) electrons. The number of alkyl halides is 5. The van der Waals surface area contributed by atoms with Crippen LogP contribution in [0.15, 0.2) is 36.9 Å². The number of hydrogen-bond acceptors (Lipinski definition) is 7. The van der Waals surface area contributed by atoms with E-state index in [-0.39, 0.29) is 11.4 Å². The second-order valence-corrected chi connectivity index (χ2v) is 5.09. The van der Waals surface area contributed by atoms with Gasteiger partial charge >= 0.3 is 12.5 Å². The van der Waals surface area contributed by atoms with E-state index in [0.717, 1.165) is 36.8 Å². The van der Waals surface area contributed by atoms with E-state index in [4.69, 9.17) is 0 Å². The van der Waals surface area contributed by atoms with E-state index >= 15 is 0 Å². The summed E-state index contributed by atoms with van der Waals surface area (Å²) < 4.78 is 69.8. The largest absolute Gasteiger partial charge is 0.574 e. The molecule has 0 aliphatic rings. The van der Waals surface area contributed by atoms with Crippen LogP contribution < -0.4 is 9.47 Å². The van der Waals surface area contributed by atoms with E-state index in [0.29, 0.717) is 6.92 Å². The van der Waals surface area contributed by atoms with Gasteiger partial charge in [0.05, 0.1) is 36.2 Å². The van der Waals surface area contributed by atoms with Gasteiger partial charge in [0.1, 0.15) is 0 Å². The zero-order valence-corrected chi connectivity index (χ0v) is 14.0. The third-order valence-corrected chi connectivity index (χ3v) is 2.60. The van der Waals surface area contributed by atoms with Crippen LogP contribution in [0.2, 0.25) is 0 Å². The van der Waals surface area contributed by atoms with Gasteiger partial charge in [-0.05, 0) is 24.3 Å². The van der Waals surface area contributed by atoms with Crippen molar-refractivity contribution in [2.45, 2.75) is 19.4 Å². The minimum Gasteiger partial charge on any atom is -0.413 e. The van der Waals surface area contributed by atoms with Crippen LogP contribution >= 0.6 is 0 Å². The summed E-state index contributed by atoms with van der Waals surface area (Å²) in [6.07, 6.45) is 0.0546. The highest BCUT2D eigenvalue weighted by atomic mass is 19.4. The fourth-order valence-electron chi connectivity index (χ4n) is 1.68. The maximum atomic E-state index is 12.8. The zero-order valence-electron chi connectivity index (χ0n) is 14.0.